The molecule has 0 aliphatic heterocycles. The summed E-state index contributed by atoms with van der Waals surface area (Å²) in [6.07, 6.45) is 0. The fraction of sp³-hybridized carbons (Fsp3) is 0.250. The van der Waals surface area contributed by atoms with Gasteiger partial charge in [-0.2, -0.15) is 5.26 Å². The fourth-order valence-corrected chi connectivity index (χ4v) is 3.31. The first-order valence-corrected chi connectivity index (χ1v) is 8.21. The molecule has 21 heavy (non-hydrogen) atoms. The molecule has 2 aromatic rings. The van der Waals surface area contributed by atoms with Gasteiger partial charge in [-0.15, -0.1) is 11.8 Å². The number of halogens is 1. The summed E-state index contributed by atoms with van der Waals surface area (Å²) in [5, 5.41) is 11.0. The van der Waals surface area contributed by atoms with Gasteiger partial charge in [-0.3, -0.25) is 4.79 Å². The number of nitriles is 1. The van der Waals surface area contributed by atoms with Crippen LogP contribution in [-0.2, 0) is 0 Å². The summed E-state index contributed by atoms with van der Waals surface area (Å²) in [5.74, 6) is -0.208. The predicted octanol–water partition coefficient (Wildman–Crippen LogP) is 4.58. The molecule has 0 N–H and O–H groups in total. The summed E-state index contributed by atoms with van der Waals surface area (Å²) in [4.78, 5) is 12.5. The number of benzene rings is 2. The van der Waals surface area contributed by atoms with Crippen LogP contribution >= 0.6 is 27.9 Å². The molecule has 0 heterocycles. The van der Waals surface area contributed by atoms with E-state index >= 15 is 0 Å². The zero-order valence-electron chi connectivity index (χ0n) is 11.8. The minimum atomic E-state index is -0.552. The molecule has 3 nitrogen and oxygen atoms in total. The molecule has 0 aliphatic rings. The summed E-state index contributed by atoms with van der Waals surface area (Å²) in [6, 6.07) is 15.6. The maximum atomic E-state index is 12.5. The monoisotopic (exact) mass is 362 g/mol. The van der Waals surface area contributed by atoms with Gasteiger partial charge in [0.05, 0.1) is 22.2 Å². The number of nitrogens with zero attached hydrogens (tertiary/aromatic N) is 2. The molecule has 0 aliphatic carbocycles. The minimum absolute atomic E-state index is 0.208. The van der Waals surface area contributed by atoms with E-state index in [-0.39, 0.29) is 11.2 Å². The third-order valence-corrected chi connectivity index (χ3v) is 5.03. The van der Waals surface area contributed by atoms with E-state index in [4.69, 9.17) is 0 Å². The molecule has 1 amide bonds. The van der Waals surface area contributed by atoms with Crippen LogP contribution in [0.3, 0.4) is 0 Å². The second kappa shape index (κ2) is 6.97. The van der Waals surface area contributed by atoms with Crippen molar-refractivity contribution in [2.24, 2.45) is 0 Å². The van der Waals surface area contributed by atoms with Crippen LogP contribution in [0.1, 0.15) is 24.2 Å². The fourth-order valence-electron chi connectivity index (χ4n) is 1.94. The van der Waals surface area contributed by atoms with Crippen LogP contribution in [0.5, 0.6) is 0 Å². The standard InChI is InChI=1S/C16H15BrN2OS/c1-11(2)21-15(10-18)19(17)16(20)14-8-7-12-5-3-4-6-13(12)9-14/h3-9,11,15H,1-2H3. The summed E-state index contributed by atoms with van der Waals surface area (Å²) in [7, 11) is 0. The van der Waals surface area contributed by atoms with Crippen molar-refractivity contribution in [3.8, 4) is 6.07 Å². The predicted molar refractivity (Wildman–Crippen MR) is 91.2 cm³/mol. The van der Waals surface area contributed by atoms with Crippen molar-refractivity contribution < 1.29 is 4.79 Å². The lowest BCUT2D eigenvalue weighted by atomic mass is 10.1. The molecule has 2 rings (SSSR count). The lowest BCUT2D eigenvalue weighted by molar-refractivity contribution is 0.0882. The second-order valence-corrected chi connectivity index (χ2v) is 7.27. The molecule has 0 aromatic heterocycles. The molecular formula is C16H15BrN2OS. The van der Waals surface area contributed by atoms with Crippen LogP contribution in [0.2, 0.25) is 0 Å². The van der Waals surface area contributed by atoms with Gasteiger partial charge in [-0.25, -0.2) is 3.93 Å². The van der Waals surface area contributed by atoms with Gasteiger partial charge in [-0.1, -0.05) is 44.2 Å². The van der Waals surface area contributed by atoms with Crippen LogP contribution in [0.25, 0.3) is 10.8 Å². The van der Waals surface area contributed by atoms with E-state index in [0.717, 1.165) is 10.8 Å². The Bertz CT molecular complexity index is 696. The van der Waals surface area contributed by atoms with Crippen LogP contribution in [0, 0.1) is 11.3 Å². The molecule has 0 spiro atoms. The van der Waals surface area contributed by atoms with Gasteiger partial charge in [-0.05, 0) is 22.9 Å². The lowest BCUT2D eigenvalue weighted by Gasteiger charge is -2.21. The van der Waals surface area contributed by atoms with E-state index in [1.807, 2.05) is 50.2 Å². The number of amides is 1. The van der Waals surface area contributed by atoms with Gasteiger partial charge in [0.1, 0.15) is 0 Å². The summed E-state index contributed by atoms with van der Waals surface area (Å²) in [6.45, 7) is 3.99. The van der Waals surface area contributed by atoms with Crippen molar-refractivity contribution in [2.45, 2.75) is 24.5 Å². The van der Waals surface area contributed by atoms with E-state index in [2.05, 4.69) is 22.2 Å². The Kier molecular flexibility index (Phi) is 5.27. The zero-order chi connectivity index (χ0) is 15.4. The molecule has 5 heteroatoms. The van der Waals surface area contributed by atoms with Crippen molar-refractivity contribution in [3.05, 3.63) is 48.0 Å². The number of fused-ring (bicyclic) bond motifs is 1. The number of hydrogen-bond donors (Lipinski definition) is 0. The maximum Gasteiger partial charge on any atom is 0.265 e. The van der Waals surface area contributed by atoms with Gasteiger partial charge < -0.3 is 0 Å². The first-order chi connectivity index (χ1) is 10.0. The molecule has 0 radical (unpaired) electrons. The molecule has 1 unspecified atom stereocenters. The molecule has 108 valence electrons. The third-order valence-electron chi connectivity index (χ3n) is 2.91. The van der Waals surface area contributed by atoms with Gasteiger partial charge in [0, 0.05) is 10.8 Å². The Morgan fingerprint density at radius 2 is 1.90 bits per heavy atom. The zero-order valence-corrected chi connectivity index (χ0v) is 14.2. The van der Waals surface area contributed by atoms with Crippen molar-refractivity contribution in [2.75, 3.05) is 0 Å². The second-order valence-electron chi connectivity index (χ2n) is 4.84. The number of carbonyl (C=O) groups is 1. The topological polar surface area (TPSA) is 44.1 Å². The Hall–Kier alpha value is -1.51. The Balaban J connectivity index is 2.26. The van der Waals surface area contributed by atoms with Crippen LogP contribution in [0.4, 0.5) is 0 Å². The number of carbonyl (C=O) groups excluding carboxylic acids is 1. The highest BCUT2D eigenvalue weighted by Gasteiger charge is 2.24. The quantitative estimate of drug-likeness (QED) is 0.590. The molecule has 0 saturated carbocycles. The first-order valence-electron chi connectivity index (χ1n) is 6.56. The maximum absolute atomic E-state index is 12.5. The van der Waals surface area contributed by atoms with Crippen LogP contribution < -0.4 is 0 Å². The van der Waals surface area contributed by atoms with Gasteiger partial charge in [0.15, 0.2) is 5.37 Å². The molecule has 0 bridgehead atoms. The number of hydrogen-bond acceptors (Lipinski definition) is 3. The largest absolute Gasteiger partial charge is 0.268 e. The molecule has 0 fully saturated rings. The van der Waals surface area contributed by atoms with Crippen molar-refractivity contribution in [1.29, 1.82) is 5.26 Å². The lowest BCUT2D eigenvalue weighted by Crippen LogP contribution is -2.29. The van der Waals surface area contributed by atoms with Gasteiger partial charge >= 0.3 is 0 Å². The Morgan fingerprint density at radius 1 is 1.24 bits per heavy atom. The van der Waals surface area contributed by atoms with Crippen molar-refractivity contribution in [1.82, 2.24) is 3.93 Å². The SMILES string of the molecule is CC(C)SC(C#N)N(Br)C(=O)c1ccc2ccccc2c1. The van der Waals surface area contributed by atoms with Gasteiger partial charge in [0.25, 0.3) is 5.91 Å². The van der Waals surface area contributed by atoms with E-state index in [0.29, 0.717) is 5.56 Å². The number of rotatable bonds is 4. The van der Waals surface area contributed by atoms with Crippen LogP contribution in [0.15, 0.2) is 42.5 Å². The number of thioether (sulfide) groups is 1. The molecule has 2 aromatic carbocycles. The summed E-state index contributed by atoms with van der Waals surface area (Å²) < 4.78 is 1.32. The summed E-state index contributed by atoms with van der Waals surface area (Å²) >= 11 is 4.67. The third kappa shape index (κ3) is 3.78. The highest BCUT2D eigenvalue weighted by Crippen LogP contribution is 2.26. The Morgan fingerprint density at radius 3 is 2.52 bits per heavy atom. The van der Waals surface area contributed by atoms with Crippen molar-refractivity contribution in [3.63, 3.8) is 0 Å². The van der Waals surface area contributed by atoms with E-state index in [1.54, 1.807) is 6.07 Å². The first kappa shape index (κ1) is 15.9. The van der Waals surface area contributed by atoms with E-state index in [1.165, 1.54) is 15.7 Å². The van der Waals surface area contributed by atoms with E-state index in [9.17, 15) is 10.1 Å². The van der Waals surface area contributed by atoms with Gasteiger partial charge in [0.2, 0.25) is 0 Å². The summed E-state index contributed by atoms with van der Waals surface area (Å²) in [5.41, 5.74) is 0.565. The van der Waals surface area contributed by atoms with Crippen molar-refractivity contribution >= 4 is 44.6 Å². The van der Waals surface area contributed by atoms with Crippen LogP contribution in [-0.4, -0.2) is 20.5 Å². The normalized spacial score (nSPS) is 12.1. The molecule has 0 saturated heterocycles. The molecule has 1 atom stereocenters. The smallest absolute Gasteiger partial charge is 0.265 e. The van der Waals surface area contributed by atoms with E-state index < -0.39 is 5.37 Å². The average Bonchev–Trinajstić information content (AvgIpc) is 2.50. The Labute approximate surface area is 137 Å². The average molecular weight is 363 g/mol. The highest BCUT2D eigenvalue weighted by molar-refractivity contribution is 9.07. The minimum Gasteiger partial charge on any atom is -0.268 e. The highest BCUT2D eigenvalue weighted by atomic mass is 79.9. The molecular weight excluding hydrogens is 348 g/mol.